The van der Waals surface area contributed by atoms with Gasteiger partial charge in [-0.25, -0.2) is 0 Å². The van der Waals surface area contributed by atoms with Crippen molar-refractivity contribution in [3.8, 4) is 0 Å². The van der Waals surface area contributed by atoms with E-state index < -0.39 is 4.33 Å². The van der Waals surface area contributed by atoms with Gasteiger partial charge in [-0.15, -0.1) is 0 Å². The molecule has 0 saturated carbocycles. The van der Waals surface area contributed by atoms with Crippen molar-refractivity contribution in [2.45, 2.75) is 10.8 Å². The number of hydrogen-bond donors (Lipinski definition) is 1. The summed E-state index contributed by atoms with van der Waals surface area (Å²) in [5, 5.41) is 0. The molecule has 2 aromatic rings. The molecule has 134 valence electrons. The van der Waals surface area contributed by atoms with E-state index in [9.17, 15) is 9.59 Å². The average Bonchev–Trinajstić information content (AvgIpc) is 2.69. The molecule has 0 bridgehead atoms. The van der Waals surface area contributed by atoms with Crippen LogP contribution >= 0.6 is 23.2 Å². The number of rotatable bonds is 4. The van der Waals surface area contributed by atoms with Crippen molar-refractivity contribution in [1.82, 2.24) is 0 Å². The van der Waals surface area contributed by atoms with Gasteiger partial charge in [0.05, 0.1) is 6.54 Å². The Balaban J connectivity index is 0.000000209. The number of alkyl halides is 2. The Hall–Kier alpha value is -2.20. The maximum atomic E-state index is 12.0. The van der Waals surface area contributed by atoms with Crippen molar-refractivity contribution in [2.75, 3.05) is 6.54 Å². The average molecular weight is 388 g/mol. The molecule has 1 aliphatic carbocycles. The number of carbonyl (C=O) groups excluding carboxylic acids is 2. The molecule has 5 heteroatoms. The zero-order chi connectivity index (χ0) is 19.0. The normalized spacial score (nSPS) is 14.7. The smallest absolute Gasteiger partial charge is 0.192 e. The summed E-state index contributed by atoms with van der Waals surface area (Å²) in [6.07, 6.45) is 5.56. The number of benzene rings is 2. The van der Waals surface area contributed by atoms with Crippen LogP contribution in [0.15, 0.2) is 84.5 Å². The molecular weight excluding hydrogens is 369 g/mol. The van der Waals surface area contributed by atoms with Gasteiger partial charge < -0.3 is 5.73 Å². The quantitative estimate of drug-likeness (QED) is 0.607. The minimum atomic E-state index is -0.875. The van der Waals surface area contributed by atoms with Crippen LogP contribution in [0.1, 0.15) is 27.1 Å². The lowest BCUT2D eigenvalue weighted by Crippen LogP contribution is -2.13. The van der Waals surface area contributed by atoms with Crippen molar-refractivity contribution < 1.29 is 9.59 Å². The highest BCUT2D eigenvalue weighted by Gasteiger charge is 2.23. The fraction of sp³-hybridized carbons (Fsp3) is 0.143. The van der Waals surface area contributed by atoms with Crippen molar-refractivity contribution in [1.29, 1.82) is 0 Å². The largest absolute Gasteiger partial charge is 0.324 e. The maximum Gasteiger partial charge on any atom is 0.192 e. The highest BCUT2D eigenvalue weighted by molar-refractivity contribution is 6.50. The molecule has 0 aliphatic heterocycles. The topological polar surface area (TPSA) is 60.2 Å². The number of halogens is 2. The van der Waals surface area contributed by atoms with Gasteiger partial charge in [0, 0.05) is 23.1 Å². The minimum absolute atomic E-state index is 0.000633. The first kappa shape index (κ1) is 20.1. The van der Waals surface area contributed by atoms with Gasteiger partial charge in [0.15, 0.2) is 11.6 Å². The number of Topliss-reactive ketones (excluding diaryl/α,β-unsaturated/α-hetero) is 2. The Bertz CT molecular complexity index is 812. The van der Waals surface area contributed by atoms with E-state index in [-0.39, 0.29) is 18.1 Å². The fourth-order valence-corrected chi connectivity index (χ4v) is 2.54. The van der Waals surface area contributed by atoms with Crippen LogP contribution in [-0.4, -0.2) is 22.4 Å². The summed E-state index contributed by atoms with van der Waals surface area (Å²) in [6.45, 7) is 0.0873. The standard InChI is InChI=1S/C13H10Cl2O.C8H9NO/c14-13(15)8-6-11(7-9-13)12(16)10-4-2-1-3-5-10;9-6-8(10)7-4-2-1-3-5-7/h1-8H,9H2;1-5H,6,9H2. The molecular formula is C21H19Cl2NO2. The third-order valence-electron chi connectivity index (χ3n) is 3.68. The lowest BCUT2D eigenvalue weighted by Gasteiger charge is -2.17. The second kappa shape index (κ2) is 9.48. The van der Waals surface area contributed by atoms with E-state index in [0.717, 1.165) is 0 Å². The second-order valence-electron chi connectivity index (χ2n) is 5.65. The van der Waals surface area contributed by atoms with Crippen molar-refractivity contribution in [2.24, 2.45) is 5.73 Å². The van der Waals surface area contributed by atoms with Crippen molar-refractivity contribution in [3.63, 3.8) is 0 Å². The van der Waals surface area contributed by atoms with E-state index in [0.29, 0.717) is 23.1 Å². The fourth-order valence-electron chi connectivity index (χ4n) is 2.26. The highest BCUT2D eigenvalue weighted by atomic mass is 35.5. The van der Waals surface area contributed by atoms with Crippen LogP contribution in [0.2, 0.25) is 0 Å². The Morgan fingerprint density at radius 2 is 1.46 bits per heavy atom. The van der Waals surface area contributed by atoms with E-state index in [2.05, 4.69) is 0 Å². The zero-order valence-corrected chi connectivity index (χ0v) is 15.6. The Kier molecular flexibility index (Phi) is 7.34. The summed E-state index contributed by atoms with van der Waals surface area (Å²) in [6, 6.07) is 18.2. The summed E-state index contributed by atoms with van der Waals surface area (Å²) in [4.78, 5) is 22.9. The van der Waals surface area contributed by atoms with Gasteiger partial charge in [0.25, 0.3) is 0 Å². The number of carbonyl (C=O) groups is 2. The predicted molar refractivity (Wildman–Crippen MR) is 107 cm³/mol. The lowest BCUT2D eigenvalue weighted by atomic mass is 9.98. The molecule has 26 heavy (non-hydrogen) atoms. The minimum Gasteiger partial charge on any atom is -0.324 e. The first-order chi connectivity index (χ1) is 12.4. The van der Waals surface area contributed by atoms with Crippen molar-refractivity contribution in [3.05, 3.63) is 95.6 Å². The van der Waals surface area contributed by atoms with Crippen LogP contribution in [0.4, 0.5) is 0 Å². The molecule has 0 spiro atoms. The van der Waals surface area contributed by atoms with Crippen LogP contribution in [-0.2, 0) is 0 Å². The van der Waals surface area contributed by atoms with E-state index in [4.69, 9.17) is 28.9 Å². The molecule has 3 rings (SSSR count). The van der Waals surface area contributed by atoms with Crippen LogP contribution in [0.5, 0.6) is 0 Å². The van der Waals surface area contributed by atoms with Crippen LogP contribution in [0.3, 0.4) is 0 Å². The van der Waals surface area contributed by atoms with Gasteiger partial charge in [0.2, 0.25) is 0 Å². The van der Waals surface area contributed by atoms with Gasteiger partial charge in [-0.3, -0.25) is 9.59 Å². The highest BCUT2D eigenvalue weighted by Crippen LogP contribution is 2.32. The molecule has 0 heterocycles. The van der Waals surface area contributed by atoms with E-state index >= 15 is 0 Å². The van der Waals surface area contributed by atoms with E-state index in [1.807, 2.05) is 36.4 Å². The lowest BCUT2D eigenvalue weighted by molar-refractivity contribution is 0.0999. The SMILES string of the molecule is NCC(=O)c1ccccc1.O=C(C1=CCC(Cl)(Cl)C=C1)c1ccccc1. The molecule has 0 atom stereocenters. The first-order valence-electron chi connectivity index (χ1n) is 8.08. The molecule has 2 N–H and O–H groups in total. The third-order valence-corrected chi connectivity index (χ3v) is 4.24. The monoisotopic (exact) mass is 387 g/mol. The number of allylic oxidation sites excluding steroid dienone is 4. The van der Waals surface area contributed by atoms with E-state index in [1.165, 1.54) is 0 Å². The van der Waals surface area contributed by atoms with Gasteiger partial charge in [-0.05, 0) is 6.08 Å². The zero-order valence-electron chi connectivity index (χ0n) is 14.1. The molecule has 3 nitrogen and oxygen atoms in total. The molecule has 0 aromatic heterocycles. The van der Waals surface area contributed by atoms with Crippen LogP contribution in [0.25, 0.3) is 0 Å². The molecule has 0 fully saturated rings. The molecule has 2 aromatic carbocycles. The second-order valence-corrected chi connectivity index (χ2v) is 7.19. The summed E-state index contributed by atoms with van der Waals surface area (Å²) in [5.74, 6) is -0.0127. The summed E-state index contributed by atoms with van der Waals surface area (Å²) in [5.41, 5.74) is 7.16. The van der Waals surface area contributed by atoms with Gasteiger partial charge >= 0.3 is 0 Å². The molecule has 0 amide bonds. The summed E-state index contributed by atoms with van der Waals surface area (Å²) in [7, 11) is 0. The summed E-state index contributed by atoms with van der Waals surface area (Å²) < 4.78 is -0.875. The third kappa shape index (κ3) is 5.95. The maximum absolute atomic E-state index is 12.0. The van der Waals surface area contributed by atoms with Crippen LogP contribution in [0, 0.1) is 0 Å². The Labute approximate surface area is 163 Å². The number of ketones is 2. The van der Waals surface area contributed by atoms with Gasteiger partial charge in [-0.2, -0.15) is 0 Å². The van der Waals surface area contributed by atoms with Gasteiger partial charge in [0.1, 0.15) is 4.33 Å². The van der Waals surface area contributed by atoms with Crippen LogP contribution < -0.4 is 5.73 Å². The predicted octanol–water partition coefficient (Wildman–Crippen LogP) is 4.76. The van der Waals surface area contributed by atoms with Crippen molar-refractivity contribution >= 4 is 34.8 Å². The van der Waals surface area contributed by atoms with E-state index in [1.54, 1.807) is 42.5 Å². The molecule has 0 unspecified atom stereocenters. The Morgan fingerprint density at radius 1 is 0.923 bits per heavy atom. The molecule has 0 saturated heterocycles. The molecule has 1 aliphatic rings. The number of hydrogen-bond acceptors (Lipinski definition) is 3. The Morgan fingerprint density at radius 3 is 1.92 bits per heavy atom. The molecule has 0 radical (unpaired) electrons. The van der Waals surface area contributed by atoms with Gasteiger partial charge in [-0.1, -0.05) is 96.0 Å². The first-order valence-corrected chi connectivity index (χ1v) is 8.84. The number of nitrogens with two attached hydrogens (primary N) is 1. The summed E-state index contributed by atoms with van der Waals surface area (Å²) >= 11 is 11.8.